The Morgan fingerprint density at radius 2 is 1.70 bits per heavy atom. The molecule has 4 atom stereocenters. The summed E-state index contributed by atoms with van der Waals surface area (Å²) in [5.41, 5.74) is 4.19. The summed E-state index contributed by atoms with van der Waals surface area (Å²) in [5.74, 6) is 0.761. The largest absolute Gasteiger partial charge is 0.489 e. The molecule has 0 aliphatic heterocycles. The summed E-state index contributed by atoms with van der Waals surface area (Å²) in [6.07, 6.45) is 12.4. The molecule has 0 saturated heterocycles. The van der Waals surface area contributed by atoms with Crippen molar-refractivity contribution in [2.75, 3.05) is 0 Å². The molecule has 4 heteroatoms. The summed E-state index contributed by atoms with van der Waals surface area (Å²) in [5, 5.41) is 10.7. The summed E-state index contributed by atoms with van der Waals surface area (Å²) in [7, 11) is 0. The average molecular weight is 597 g/mol. The van der Waals surface area contributed by atoms with Gasteiger partial charge in [-0.1, -0.05) is 131 Å². The molecule has 236 valence electrons. The van der Waals surface area contributed by atoms with Crippen molar-refractivity contribution in [1.29, 1.82) is 0 Å². The molecule has 0 aromatic heterocycles. The van der Waals surface area contributed by atoms with Gasteiger partial charge in [-0.2, -0.15) is 0 Å². The van der Waals surface area contributed by atoms with Crippen molar-refractivity contribution in [3.63, 3.8) is 0 Å². The third-order valence-electron chi connectivity index (χ3n) is 9.25. The first-order valence-electron chi connectivity index (χ1n) is 16.7. The lowest BCUT2D eigenvalue weighted by atomic mass is 9.77. The number of hydrogen-bond donors (Lipinski definition) is 1. The topological polar surface area (TPSA) is 55.8 Å². The smallest absolute Gasteiger partial charge is 0.339 e. The van der Waals surface area contributed by atoms with Crippen molar-refractivity contribution in [3.8, 4) is 5.75 Å². The van der Waals surface area contributed by atoms with Gasteiger partial charge in [-0.25, -0.2) is 4.79 Å². The fourth-order valence-electron chi connectivity index (χ4n) is 6.56. The van der Waals surface area contributed by atoms with Gasteiger partial charge in [0, 0.05) is 0 Å². The van der Waals surface area contributed by atoms with Crippen molar-refractivity contribution in [2.45, 2.75) is 116 Å². The highest BCUT2D eigenvalue weighted by Gasteiger charge is 2.34. The highest BCUT2D eigenvalue weighted by Crippen LogP contribution is 2.44. The number of ether oxygens (including phenoxy) is 2. The molecule has 0 bridgehead atoms. The van der Waals surface area contributed by atoms with E-state index in [1.54, 1.807) is 12.1 Å². The normalized spacial score (nSPS) is 19.8. The fourth-order valence-corrected chi connectivity index (χ4v) is 6.56. The predicted octanol–water partition coefficient (Wildman–Crippen LogP) is 10.0. The molecule has 1 fully saturated rings. The van der Waals surface area contributed by atoms with Gasteiger partial charge in [-0.3, -0.25) is 0 Å². The van der Waals surface area contributed by atoms with Crippen LogP contribution < -0.4 is 4.74 Å². The van der Waals surface area contributed by atoms with Gasteiger partial charge in [0.05, 0.1) is 0 Å². The standard InChI is InChI=1S/C40H52O4/c1-5-7-8-15-26-40(3,4)33-24-25-35(37(27-33)43-29-30-18-11-9-12-19-30)36-28-34(23-16-22-31(36)17-6-2)44-39(42)38(41)32-20-13-10-14-21-32/h6,9-14,17-21,24-25,27,31,34,36,38,41H,5,7-8,15-16,22-23,26,28-29H2,1-4H3. The molecule has 0 amide bonds. The fraction of sp³-hybridized carbons (Fsp3) is 0.475. The molecule has 0 heterocycles. The Hall–Kier alpha value is -3.37. The average Bonchev–Trinajstić information content (AvgIpc) is 3.24. The number of benzene rings is 3. The van der Waals surface area contributed by atoms with E-state index in [1.165, 1.54) is 36.8 Å². The maximum Gasteiger partial charge on any atom is 0.339 e. The first kappa shape index (κ1) is 33.5. The van der Waals surface area contributed by atoms with Crippen LogP contribution in [0.2, 0.25) is 0 Å². The molecule has 1 aliphatic carbocycles. The van der Waals surface area contributed by atoms with E-state index in [-0.39, 0.29) is 17.4 Å². The lowest BCUT2D eigenvalue weighted by Crippen LogP contribution is -2.25. The minimum absolute atomic E-state index is 0.0367. The Labute approximate surface area is 265 Å². The Kier molecular flexibility index (Phi) is 12.7. The van der Waals surface area contributed by atoms with Gasteiger partial charge in [0.15, 0.2) is 6.10 Å². The van der Waals surface area contributed by atoms with E-state index in [4.69, 9.17) is 9.47 Å². The zero-order valence-corrected chi connectivity index (χ0v) is 27.2. The second-order valence-electron chi connectivity index (χ2n) is 13.1. The molecule has 4 rings (SSSR count). The summed E-state index contributed by atoms with van der Waals surface area (Å²) in [4.78, 5) is 13.1. The van der Waals surface area contributed by atoms with E-state index in [2.05, 4.69) is 70.2 Å². The van der Waals surface area contributed by atoms with Gasteiger partial charge in [-0.05, 0) is 84.6 Å². The lowest BCUT2D eigenvalue weighted by Gasteiger charge is -2.30. The van der Waals surface area contributed by atoms with Crippen LogP contribution in [0, 0.1) is 5.92 Å². The van der Waals surface area contributed by atoms with Gasteiger partial charge < -0.3 is 14.6 Å². The van der Waals surface area contributed by atoms with E-state index in [9.17, 15) is 9.90 Å². The minimum atomic E-state index is -1.28. The molecule has 1 N–H and O–H groups in total. The summed E-state index contributed by atoms with van der Waals surface area (Å²) >= 11 is 0. The van der Waals surface area contributed by atoms with E-state index < -0.39 is 12.1 Å². The van der Waals surface area contributed by atoms with Crippen LogP contribution in [0.25, 0.3) is 0 Å². The van der Waals surface area contributed by atoms with Gasteiger partial charge in [0.2, 0.25) is 0 Å². The Morgan fingerprint density at radius 1 is 0.977 bits per heavy atom. The molecule has 3 aromatic carbocycles. The zero-order valence-electron chi connectivity index (χ0n) is 27.2. The van der Waals surface area contributed by atoms with Crippen LogP contribution in [-0.4, -0.2) is 17.2 Å². The monoisotopic (exact) mass is 596 g/mol. The summed E-state index contributed by atoms with van der Waals surface area (Å²) < 4.78 is 12.7. The Balaban J connectivity index is 1.63. The van der Waals surface area contributed by atoms with Crippen LogP contribution in [0.4, 0.5) is 0 Å². The van der Waals surface area contributed by atoms with E-state index >= 15 is 0 Å². The van der Waals surface area contributed by atoms with Gasteiger partial charge in [0.1, 0.15) is 18.5 Å². The number of aliphatic hydroxyl groups excluding tert-OH is 1. The Bertz CT molecular complexity index is 1310. The first-order chi connectivity index (χ1) is 21.3. The van der Waals surface area contributed by atoms with Crippen LogP contribution in [0.1, 0.15) is 120 Å². The van der Waals surface area contributed by atoms with Crippen molar-refractivity contribution in [2.24, 2.45) is 5.92 Å². The van der Waals surface area contributed by atoms with Crippen LogP contribution in [0.15, 0.2) is 91.0 Å². The molecule has 0 radical (unpaired) electrons. The maximum absolute atomic E-state index is 13.1. The molecule has 1 aliphatic rings. The van der Waals surface area contributed by atoms with Crippen molar-refractivity contribution in [1.82, 2.24) is 0 Å². The van der Waals surface area contributed by atoms with Crippen LogP contribution in [0.3, 0.4) is 0 Å². The second kappa shape index (κ2) is 16.6. The van der Waals surface area contributed by atoms with Crippen molar-refractivity contribution in [3.05, 3.63) is 113 Å². The van der Waals surface area contributed by atoms with Crippen molar-refractivity contribution < 1.29 is 19.4 Å². The molecular weight excluding hydrogens is 544 g/mol. The van der Waals surface area contributed by atoms with Crippen LogP contribution >= 0.6 is 0 Å². The molecule has 4 nitrogen and oxygen atoms in total. The predicted molar refractivity (Wildman–Crippen MR) is 180 cm³/mol. The highest BCUT2D eigenvalue weighted by molar-refractivity contribution is 5.76. The van der Waals surface area contributed by atoms with Gasteiger partial charge in [0.25, 0.3) is 0 Å². The summed E-state index contributed by atoms with van der Waals surface area (Å²) in [6.45, 7) is 9.52. The number of aliphatic hydroxyl groups is 1. The van der Waals surface area contributed by atoms with Crippen molar-refractivity contribution >= 4 is 5.97 Å². The van der Waals surface area contributed by atoms with E-state index in [0.29, 0.717) is 24.5 Å². The van der Waals surface area contributed by atoms with Crippen LogP contribution in [0.5, 0.6) is 5.75 Å². The van der Waals surface area contributed by atoms with Gasteiger partial charge >= 0.3 is 5.97 Å². The van der Waals surface area contributed by atoms with Crippen LogP contribution in [-0.2, 0) is 21.6 Å². The highest BCUT2D eigenvalue weighted by atomic mass is 16.6. The molecule has 1 saturated carbocycles. The van der Waals surface area contributed by atoms with E-state index in [0.717, 1.165) is 37.0 Å². The number of allylic oxidation sites excluding steroid dienone is 2. The SMILES string of the molecule is CC=CC1CCCC(OC(=O)C(O)c2ccccc2)CC1c1ccc(C(C)(C)CCCCCC)cc1OCc1ccccc1. The summed E-state index contributed by atoms with van der Waals surface area (Å²) in [6, 6.07) is 26.2. The number of carbonyl (C=O) groups excluding carboxylic acids is 1. The van der Waals surface area contributed by atoms with Gasteiger partial charge in [-0.15, -0.1) is 0 Å². The number of carbonyl (C=O) groups is 1. The Morgan fingerprint density at radius 3 is 2.41 bits per heavy atom. The number of unbranched alkanes of at least 4 members (excludes halogenated alkanes) is 3. The molecule has 44 heavy (non-hydrogen) atoms. The molecule has 4 unspecified atom stereocenters. The van der Waals surface area contributed by atoms with E-state index in [1.807, 2.05) is 36.4 Å². The third-order valence-corrected chi connectivity index (χ3v) is 9.25. The lowest BCUT2D eigenvalue weighted by molar-refractivity contribution is -0.160. The third kappa shape index (κ3) is 9.32. The minimum Gasteiger partial charge on any atom is -0.489 e. The second-order valence-corrected chi connectivity index (χ2v) is 13.1. The first-order valence-corrected chi connectivity index (χ1v) is 16.7. The number of esters is 1. The quantitative estimate of drug-likeness (QED) is 0.0871. The molecular formula is C40H52O4. The molecule has 3 aromatic rings. The number of rotatable bonds is 14. The maximum atomic E-state index is 13.1. The number of hydrogen-bond acceptors (Lipinski definition) is 4. The zero-order chi connectivity index (χ0) is 31.4. The molecule has 0 spiro atoms.